The van der Waals surface area contributed by atoms with E-state index < -0.39 is 0 Å². The smallest absolute Gasteiger partial charge is 0.130 e. The maximum Gasteiger partial charge on any atom is 0.130 e. The number of aromatic hydroxyl groups is 1. The topological polar surface area (TPSA) is 32.7 Å². The Morgan fingerprint density at radius 2 is 2.06 bits per heavy atom. The number of hydrogen-bond acceptors (Lipinski definition) is 3. The summed E-state index contributed by atoms with van der Waals surface area (Å²) in [6.45, 7) is 4.51. The van der Waals surface area contributed by atoms with Gasteiger partial charge < -0.3 is 9.84 Å². The average Bonchev–Trinajstić information content (AvgIpc) is 2.33. The summed E-state index contributed by atoms with van der Waals surface area (Å²) in [6, 6.07) is 4.36. The van der Waals surface area contributed by atoms with E-state index in [1.807, 2.05) is 0 Å². The van der Waals surface area contributed by atoms with Crippen molar-refractivity contribution < 1.29 is 14.2 Å². The first-order valence-corrected chi connectivity index (χ1v) is 6.03. The molecule has 0 spiro atoms. The zero-order chi connectivity index (χ0) is 12.1. The van der Waals surface area contributed by atoms with Crippen LogP contribution in [-0.2, 0) is 11.2 Å². The van der Waals surface area contributed by atoms with Crippen LogP contribution in [-0.4, -0.2) is 42.9 Å². The van der Waals surface area contributed by atoms with E-state index in [1.165, 1.54) is 12.1 Å². The first-order chi connectivity index (χ1) is 8.25. The van der Waals surface area contributed by atoms with E-state index in [9.17, 15) is 4.39 Å². The Morgan fingerprint density at radius 3 is 2.76 bits per heavy atom. The van der Waals surface area contributed by atoms with Crippen molar-refractivity contribution in [2.75, 3.05) is 32.8 Å². The fourth-order valence-corrected chi connectivity index (χ4v) is 2.06. The Bertz CT molecular complexity index is 364. The summed E-state index contributed by atoms with van der Waals surface area (Å²) in [5.74, 6) is -0.327. The van der Waals surface area contributed by atoms with Gasteiger partial charge in [-0.2, -0.15) is 0 Å². The molecule has 94 valence electrons. The normalized spacial score (nSPS) is 17.2. The van der Waals surface area contributed by atoms with Crippen LogP contribution in [0.3, 0.4) is 0 Å². The van der Waals surface area contributed by atoms with Crippen LogP contribution in [0.25, 0.3) is 0 Å². The predicted octanol–water partition coefficient (Wildman–Crippen LogP) is 1.80. The van der Waals surface area contributed by atoms with Crippen molar-refractivity contribution in [3.63, 3.8) is 0 Å². The van der Waals surface area contributed by atoms with Crippen molar-refractivity contribution in [2.24, 2.45) is 0 Å². The number of nitrogens with zero attached hydrogens (tertiary/aromatic N) is 1. The number of ether oxygens (including phenoxy) is 1. The lowest BCUT2D eigenvalue weighted by Crippen LogP contribution is -2.36. The Balaban J connectivity index is 1.77. The van der Waals surface area contributed by atoms with Gasteiger partial charge in [0.25, 0.3) is 0 Å². The second-order valence-corrected chi connectivity index (χ2v) is 4.33. The van der Waals surface area contributed by atoms with Crippen molar-refractivity contribution in [2.45, 2.75) is 12.8 Å². The minimum Gasteiger partial charge on any atom is -0.508 e. The van der Waals surface area contributed by atoms with E-state index in [4.69, 9.17) is 9.84 Å². The Hall–Kier alpha value is -1.13. The van der Waals surface area contributed by atoms with Crippen LogP contribution in [0.2, 0.25) is 0 Å². The van der Waals surface area contributed by atoms with Crippen molar-refractivity contribution in [1.29, 1.82) is 0 Å². The highest BCUT2D eigenvalue weighted by Crippen LogP contribution is 2.16. The quantitative estimate of drug-likeness (QED) is 0.869. The number of benzene rings is 1. The fraction of sp³-hybridized carbons (Fsp3) is 0.538. The molecule has 0 bridgehead atoms. The molecule has 0 amide bonds. The van der Waals surface area contributed by atoms with Gasteiger partial charge in [0.1, 0.15) is 11.6 Å². The maximum atomic E-state index is 13.4. The van der Waals surface area contributed by atoms with Gasteiger partial charge in [-0.25, -0.2) is 4.39 Å². The predicted molar refractivity (Wildman–Crippen MR) is 63.6 cm³/mol. The Morgan fingerprint density at radius 1 is 1.29 bits per heavy atom. The third-order valence-corrected chi connectivity index (χ3v) is 3.06. The molecule has 0 atom stereocenters. The fourth-order valence-electron chi connectivity index (χ4n) is 2.06. The SMILES string of the molecule is Oc1ccc(CCCN2CCOCC2)c(F)c1. The first-order valence-electron chi connectivity index (χ1n) is 6.03. The Labute approximate surface area is 101 Å². The van der Waals surface area contributed by atoms with E-state index in [2.05, 4.69) is 4.90 Å². The van der Waals surface area contributed by atoms with E-state index in [0.29, 0.717) is 12.0 Å². The molecule has 0 saturated carbocycles. The summed E-state index contributed by atoms with van der Waals surface area (Å²) in [6.07, 6.45) is 1.64. The second-order valence-electron chi connectivity index (χ2n) is 4.33. The largest absolute Gasteiger partial charge is 0.508 e. The van der Waals surface area contributed by atoms with Crippen molar-refractivity contribution >= 4 is 0 Å². The van der Waals surface area contributed by atoms with Crippen molar-refractivity contribution in [1.82, 2.24) is 4.90 Å². The molecule has 0 aliphatic carbocycles. The zero-order valence-electron chi connectivity index (χ0n) is 9.86. The van der Waals surface area contributed by atoms with Gasteiger partial charge in [-0.3, -0.25) is 4.90 Å². The molecule has 4 heteroatoms. The van der Waals surface area contributed by atoms with Gasteiger partial charge in [0.15, 0.2) is 0 Å². The summed E-state index contributed by atoms with van der Waals surface area (Å²) in [4.78, 5) is 2.34. The zero-order valence-corrected chi connectivity index (χ0v) is 9.86. The van der Waals surface area contributed by atoms with Gasteiger partial charge in [0, 0.05) is 19.2 Å². The van der Waals surface area contributed by atoms with Crippen LogP contribution < -0.4 is 0 Å². The van der Waals surface area contributed by atoms with Gasteiger partial charge in [-0.05, 0) is 31.0 Å². The molecule has 3 nitrogen and oxygen atoms in total. The van der Waals surface area contributed by atoms with E-state index >= 15 is 0 Å². The molecule has 0 unspecified atom stereocenters. The lowest BCUT2D eigenvalue weighted by molar-refractivity contribution is 0.0374. The average molecular weight is 239 g/mol. The van der Waals surface area contributed by atoms with Crippen LogP contribution in [0.1, 0.15) is 12.0 Å². The third-order valence-electron chi connectivity index (χ3n) is 3.06. The lowest BCUT2D eigenvalue weighted by Gasteiger charge is -2.26. The van der Waals surface area contributed by atoms with Crippen molar-refractivity contribution in [3.8, 4) is 5.75 Å². The molecule has 17 heavy (non-hydrogen) atoms. The first kappa shape index (κ1) is 12.3. The monoisotopic (exact) mass is 239 g/mol. The number of hydrogen-bond donors (Lipinski definition) is 1. The molecule has 1 saturated heterocycles. The minimum atomic E-state index is -0.313. The number of morpholine rings is 1. The highest BCUT2D eigenvalue weighted by atomic mass is 19.1. The third kappa shape index (κ3) is 3.68. The summed E-state index contributed by atoms with van der Waals surface area (Å²) in [5.41, 5.74) is 0.677. The molecule has 1 aromatic rings. The minimum absolute atomic E-state index is 0.0144. The standard InChI is InChI=1S/C13H18FNO2/c14-13-10-12(16)4-3-11(13)2-1-5-15-6-8-17-9-7-15/h3-4,10,16H,1-2,5-9H2. The van der Waals surface area contributed by atoms with Gasteiger partial charge >= 0.3 is 0 Å². The summed E-state index contributed by atoms with van der Waals surface area (Å²) < 4.78 is 18.7. The van der Waals surface area contributed by atoms with Gasteiger partial charge in [-0.1, -0.05) is 6.07 Å². The Kier molecular flexibility index (Phi) is 4.34. The van der Waals surface area contributed by atoms with E-state index in [1.54, 1.807) is 6.07 Å². The lowest BCUT2D eigenvalue weighted by atomic mass is 10.1. The van der Waals surface area contributed by atoms with Gasteiger partial charge in [0.2, 0.25) is 0 Å². The van der Waals surface area contributed by atoms with Crippen LogP contribution in [0.15, 0.2) is 18.2 Å². The summed E-state index contributed by atoms with van der Waals surface area (Å²) in [5, 5.41) is 9.10. The number of aryl methyl sites for hydroxylation is 1. The molecule has 1 heterocycles. The molecule has 1 aliphatic rings. The molecule has 1 aromatic carbocycles. The molecule has 0 radical (unpaired) electrons. The molecule has 1 fully saturated rings. The number of rotatable bonds is 4. The highest BCUT2D eigenvalue weighted by molar-refractivity contribution is 5.27. The number of halogens is 1. The van der Waals surface area contributed by atoms with Crippen LogP contribution in [0, 0.1) is 5.82 Å². The van der Waals surface area contributed by atoms with Crippen molar-refractivity contribution in [3.05, 3.63) is 29.6 Å². The highest BCUT2D eigenvalue weighted by Gasteiger charge is 2.10. The molecular weight excluding hydrogens is 221 g/mol. The van der Waals surface area contributed by atoms with Crippen LogP contribution in [0.4, 0.5) is 4.39 Å². The molecule has 2 rings (SSSR count). The molecular formula is C13H18FNO2. The maximum absolute atomic E-state index is 13.4. The van der Waals surface area contributed by atoms with Gasteiger partial charge in [-0.15, -0.1) is 0 Å². The number of phenolic OH excluding ortho intramolecular Hbond substituents is 1. The number of phenols is 1. The summed E-state index contributed by atoms with van der Waals surface area (Å²) in [7, 11) is 0. The summed E-state index contributed by atoms with van der Waals surface area (Å²) >= 11 is 0. The molecule has 1 N–H and O–H groups in total. The molecule has 1 aliphatic heterocycles. The van der Waals surface area contributed by atoms with Crippen LogP contribution >= 0.6 is 0 Å². The second kappa shape index (κ2) is 5.98. The van der Waals surface area contributed by atoms with Gasteiger partial charge in [0.05, 0.1) is 13.2 Å². The van der Waals surface area contributed by atoms with E-state index in [0.717, 1.165) is 39.3 Å². The van der Waals surface area contributed by atoms with E-state index in [-0.39, 0.29) is 11.6 Å². The van der Waals surface area contributed by atoms with Crippen LogP contribution in [0.5, 0.6) is 5.75 Å². The molecule has 0 aromatic heterocycles.